The van der Waals surface area contributed by atoms with E-state index in [0.717, 1.165) is 5.03 Å². The SMILES string of the molecule is CC1(C)CCCC(Sc2ccncn2)C1N. The maximum absolute atomic E-state index is 6.34. The molecule has 2 unspecified atom stereocenters. The van der Waals surface area contributed by atoms with E-state index in [4.69, 9.17) is 5.73 Å². The first kappa shape index (κ1) is 11.9. The fourth-order valence-corrected chi connectivity index (χ4v) is 3.60. The Hall–Kier alpha value is -0.610. The number of nitrogens with zero attached hydrogens (tertiary/aromatic N) is 2. The van der Waals surface area contributed by atoms with Crippen molar-refractivity contribution in [3.8, 4) is 0 Å². The molecule has 0 saturated heterocycles. The Morgan fingerprint density at radius 3 is 3.00 bits per heavy atom. The van der Waals surface area contributed by atoms with Gasteiger partial charge in [0.25, 0.3) is 0 Å². The van der Waals surface area contributed by atoms with Crippen molar-refractivity contribution in [2.45, 2.75) is 49.4 Å². The predicted octanol–water partition coefficient (Wildman–Crippen LogP) is 2.47. The summed E-state index contributed by atoms with van der Waals surface area (Å²) in [6, 6.07) is 2.21. The molecule has 0 spiro atoms. The van der Waals surface area contributed by atoms with E-state index >= 15 is 0 Å². The second-order valence-corrected chi connectivity index (χ2v) is 6.37. The largest absolute Gasteiger partial charge is 0.326 e. The molecule has 1 aromatic rings. The Morgan fingerprint density at radius 2 is 2.31 bits per heavy atom. The van der Waals surface area contributed by atoms with Crippen molar-refractivity contribution in [1.29, 1.82) is 0 Å². The minimum atomic E-state index is 0.251. The van der Waals surface area contributed by atoms with E-state index < -0.39 is 0 Å². The van der Waals surface area contributed by atoms with Crippen molar-refractivity contribution in [2.24, 2.45) is 11.1 Å². The maximum atomic E-state index is 6.34. The smallest absolute Gasteiger partial charge is 0.116 e. The van der Waals surface area contributed by atoms with E-state index in [2.05, 4.69) is 23.8 Å². The molecule has 3 nitrogen and oxygen atoms in total. The van der Waals surface area contributed by atoms with E-state index in [-0.39, 0.29) is 11.5 Å². The van der Waals surface area contributed by atoms with Crippen LogP contribution in [0.1, 0.15) is 33.1 Å². The van der Waals surface area contributed by atoms with Crippen LogP contribution in [0.15, 0.2) is 23.6 Å². The van der Waals surface area contributed by atoms with Gasteiger partial charge in [0, 0.05) is 17.5 Å². The Morgan fingerprint density at radius 1 is 1.50 bits per heavy atom. The summed E-state index contributed by atoms with van der Waals surface area (Å²) in [5, 5.41) is 1.52. The molecule has 4 heteroatoms. The minimum absolute atomic E-state index is 0.251. The molecule has 0 bridgehead atoms. The number of thioether (sulfide) groups is 1. The summed E-state index contributed by atoms with van der Waals surface area (Å²) in [4.78, 5) is 8.18. The standard InChI is InChI=1S/C12H19N3S/c1-12(2)6-3-4-9(11(12)13)16-10-5-7-14-8-15-10/h5,7-9,11H,3-4,6,13H2,1-2H3. The van der Waals surface area contributed by atoms with E-state index in [1.54, 1.807) is 24.3 Å². The second kappa shape index (κ2) is 4.72. The molecule has 1 aliphatic rings. The average Bonchev–Trinajstić information content (AvgIpc) is 2.26. The molecular weight excluding hydrogens is 218 g/mol. The second-order valence-electron chi connectivity index (χ2n) is 5.11. The number of nitrogens with two attached hydrogens (primary N) is 1. The number of rotatable bonds is 2. The lowest BCUT2D eigenvalue weighted by Crippen LogP contribution is -2.48. The zero-order chi connectivity index (χ0) is 11.6. The van der Waals surface area contributed by atoms with Crippen molar-refractivity contribution < 1.29 is 0 Å². The lowest BCUT2D eigenvalue weighted by molar-refractivity contribution is 0.208. The summed E-state index contributed by atoms with van der Waals surface area (Å²) in [7, 11) is 0. The molecule has 88 valence electrons. The Balaban J connectivity index is 2.05. The monoisotopic (exact) mass is 237 g/mol. The Labute approximate surface area is 101 Å². The lowest BCUT2D eigenvalue weighted by atomic mass is 9.73. The van der Waals surface area contributed by atoms with Gasteiger partial charge in [0.05, 0.1) is 5.03 Å². The third kappa shape index (κ3) is 2.55. The van der Waals surface area contributed by atoms with Crippen molar-refractivity contribution in [3.63, 3.8) is 0 Å². The number of hydrogen-bond donors (Lipinski definition) is 1. The quantitative estimate of drug-likeness (QED) is 0.803. The van der Waals surface area contributed by atoms with Gasteiger partial charge in [-0.1, -0.05) is 20.3 Å². The molecule has 0 amide bonds. The van der Waals surface area contributed by atoms with Crippen LogP contribution in [-0.4, -0.2) is 21.3 Å². The normalized spacial score (nSPS) is 28.9. The molecule has 16 heavy (non-hydrogen) atoms. The van der Waals surface area contributed by atoms with Gasteiger partial charge < -0.3 is 5.73 Å². The summed E-state index contributed by atoms with van der Waals surface area (Å²) in [5.74, 6) is 0. The van der Waals surface area contributed by atoms with Gasteiger partial charge >= 0.3 is 0 Å². The Bertz CT molecular complexity index is 339. The van der Waals surface area contributed by atoms with Gasteiger partial charge in [-0.25, -0.2) is 9.97 Å². The Kier molecular flexibility index (Phi) is 3.50. The summed E-state index contributed by atoms with van der Waals surface area (Å²) in [5.41, 5.74) is 6.59. The van der Waals surface area contributed by atoms with Crippen LogP contribution in [0, 0.1) is 5.41 Å². The number of aromatic nitrogens is 2. The first-order chi connectivity index (χ1) is 7.59. The average molecular weight is 237 g/mol. The van der Waals surface area contributed by atoms with Crippen molar-refractivity contribution >= 4 is 11.8 Å². The van der Waals surface area contributed by atoms with E-state index in [1.807, 2.05) is 6.07 Å². The third-order valence-electron chi connectivity index (χ3n) is 3.44. The topological polar surface area (TPSA) is 51.8 Å². The van der Waals surface area contributed by atoms with Crippen molar-refractivity contribution in [1.82, 2.24) is 9.97 Å². The lowest BCUT2D eigenvalue weighted by Gasteiger charge is -2.41. The third-order valence-corrected chi connectivity index (χ3v) is 4.75. The molecule has 2 N–H and O–H groups in total. The molecular formula is C12H19N3S. The molecule has 1 saturated carbocycles. The highest BCUT2D eigenvalue weighted by Gasteiger charge is 2.36. The van der Waals surface area contributed by atoms with Crippen molar-refractivity contribution in [2.75, 3.05) is 0 Å². The highest BCUT2D eigenvalue weighted by atomic mass is 32.2. The fourth-order valence-electron chi connectivity index (χ4n) is 2.24. The first-order valence-corrected chi connectivity index (χ1v) is 6.66. The summed E-state index contributed by atoms with van der Waals surface area (Å²) in [6.07, 6.45) is 7.08. The molecule has 0 aromatic carbocycles. The van der Waals surface area contributed by atoms with Crippen LogP contribution in [-0.2, 0) is 0 Å². The highest BCUT2D eigenvalue weighted by Crippen LogP contribution is 2.41. The van der Waals surface area contributed by atoms with Crippen LogP contribution in [0.4, 0.5) is 0 Å². The van der Waals surface area contributed by atoms with Crippen LogP contribution in [0.25, 0.3) is 0 Å². The zero-order valence-electron chi connectivity index (χ0n) is 9.89. The van der Waals surface area contributed by atoms with Crippen LogP contribution in [0.5, 0.6) is 0 Å². The van der Waals surface area contributed by atoms with Gasteiger partial charge in [0.2, 0.25) is 0 Å². The maximum Gasteiger partial charge on any atom is 0.116 e. The van der Waals surface area contributed by atoms with Crippen LogP contribution in [0.2, 0.25) is 0 Å². The van der Waals surface area contributed by atoms with Crippen molar-refractivity contribution in [3.05, 3.63) is 18.6 Å². The van der Waals surface area contributed by atoms with E-state index in [9.17, 15) is 0 Å². The van der Waals surface area contributed by atoms with Gasteiger partial charge in [-0.05, 0) is 24.3 Å². The van der Waals surface area contributed by atoms with Crippen LogP contribution in [0.3, 0.4) is 0 Å². The summed E-state index contributed by atoms with van der Waals surface area (Å²) in [6.45, 7) is 4.54. The molecule has 2 rings (SSSR count). The minimum Gasteiger partial charge on any atom is -0.326 e. The molecule has 1 aliphatic carbocycles. The van der Waals surface area contributed by atoms with E-state index in [1.165, 1.54) is 19.3 Å². The predicted molar refractivity (Wildman–Crippen MR) is 67.3 cm³/mol. The van der Waals surface area contributed by atoms with Gasteiger partial charge in [-0.3, -0.25) is 0 Å². The zero-order valence-corrected chi connectivity index (χ0v) is 10.7. The van der Waals surface area contributed by atoms with Crippen LogP contribution < -0.4 is 5.73 Å². The fraction of sp³-hybridized carbons (Fsp3) is 0.667. The summed E-state index contributed by atoms with van der Waals surface area (Å²) >= 11 is 1.80. The first-order valence-electron chi connectivity index (χ1n) is 5.78. The molecule has 0 radical (unpaired) electrons. The number of hydrogen-bond acceptors (Lipinski definition) is 4. The highest BCUT2D eigenvalue weighted by molar-refractivity contribution is 7.99. The summed E-state index contributed by atoms with van der Waals surface area (Å²) < 4.78 is 0. The molecule has 1 heterocycles. The van der Waals surface area contributed by atoms with Gasteiger partial charge in [-0.2, -0.15) is 0 Å². The molecule has 1 fully saturated rings. The van der Waals surface area contributed by atoms with E-state index in [0.29, 0.717) is 5.25 Å². The molecule has 2 atom stereocenters. The molecule has 1 aromatic heterocycles. The van der Waals surface area contributed by atoms with Gasteiger partial charge in [-0.15, -0.1) is 11.8 Å². The molecule has 0 aliphatic heterocycles. The van der Waals surface area contributed by atoms with Gasteiger partial charge in [0.15, 0.2) is 0 Å². The van der Waals surface area contributed by atoms with Gasteiger partial charge in [0.1, 0.15) is 6.33 Å². The van der Waals surface area contributed by atoms with Crippen LogP contribution >= 0.6 is 11.8 Å².